The number of carbonyl (C=O) groups is 1. The standard InChI is InChI=1S/C12H19N3O2/c1-4-8(2)11-14-13-10-6-5-9(7-15(10)11)12(16)17-3/h8-9H,4-7H2,1-3H3. The molecule has 2 atom stereocenters. The summed E-state index contributed by atoms with van der Waals surface area (Å²) in [4.78, 5) is 11.6. The van der Waals surface area contributed by atoms with Crippen molar-refractivity contribution in [3.05, 3.63) is 11.6 Å². The van der Waals surface area contributed by atoms with E-state index in [1.54, 1.807) is 0 Å². The number of esters is 1. The molecule has 0 fully saturated rings. The molecular formula is C12H19N3O2. The molecular weight excluding hydrogens is 218 g/mol. The molecule has 0 aliphatic carbocycles. The third-order valence-corrected chi connectivity index (χ3v) is 3.56. The second-order valence-corrected chi connectivity index (χ2v) is 4.65. The minimum Gasteiger partial charge on any atom is -0.469 e. The molecule has 0 aromatic carbocycles. The summed E-state index contributed by atoms with van der Waals surface area (Å²) in [6, 6.07) is 0. The minimum atomic E-state index is -0.126. The van der Waals surface area contributed by atoms with E-state index in [2.05, 4.69) is 28.6 Å². The number of aromatic nitrogens is 3. The van der Waals surface area contributed by atoms with Gasteiger partial charge in [-0.2, -0.15) is 0 Å². The highest BCUT2D eigenvalue weighted by Crippen LogP contribution is 2.25. The Balaban J connectivity index is 2.23. The summed E-state index contributed by atoms with van der Waals surface area (Å²) in [5, 5.41) is 8.46. The maximum absolute atomic E-state index is 11.6. The topological polar surface area (TPSA) is 57.0 Å². The lowest BCUT2D eigenvalue weighted by atomic mass is 9.98. The summed E-state index contributed by atoms with van der Waals surface area (Å²) in [5.74, 6) is 2.20. The molecule has 0 radical (unpaired) electrons. The van der Waals surface area contributed by atoms with Gasteiger partial charge in [-0.25, -0.2) is 0 Å². The van der Waals surface area contributed by atoms with Crippen LogP contribution in [0, 0.1) is 5.92 Å². The Morgan fingerprint density at radius 1 is 1.59 bits per heavy atom. The van der Waals surface area contributed by atoms with Crippen molar-refractivity contribution in [1.29, 1.82) is 0 Å². The number of fused-ring (bicyclic) bond motifs is 1. The first kappa shape index (κ1) is 12.1. The van der Waals surface area contributed by atoms with Gasteiger partial charge in [0.15, 0.2) is 0 Å². The molecule has 0 saturated carbocycles. The number of rotatable bonds is 3. The highest BCUT2D eigenvalue weighted by molar-refractivity contribution is 5.72. The fourth-order valence-corrected chi connectivity index (χ4v) is 2.25. The van der Waals surface area contributed by atoms with Crippen molar-refractivity contribution < 1.29 is 9.53 Å². The molecule has 0 amide bonds. The molecule has 1 aliphatic rings. The third-order valence-electron chi connectivity index (χ3n) is 3.56. The van der Waals surface area contributed by atoms with Crippen molar-refractivity contribution in [1.82, 2.24) is 14.8 Å². The summed E-state index contributed by atoms with van der Waals surface area (Å²) in [7, 11) is 1.44. The van der Waals surface area contributed by atoms with Crippen LogP contribution in [0.4, 0.5) is 0 Å². The molecule has 2 unspecified atom stereocenters. The zero-order chi connectivity index (χ0) is 12.4. The van der Waals surface area contributed by atoms with Gasteiger partial charge < -0.3 is 9.30 Å². The molecule has 1 aromatic rings. The van der Waals surface area contributed by atoms with Gasteiger partial charge in [-0.1, -0.05) is 13.8 Å². The molecule has 0 N–H and O–H groups in total. The third kappa shape index (κ3) is 2.18. The lowest BCUT2D eigenvalue weighted by Crippen LogP contribution is -2.29. The fourth-order valence-electron chi connectivity index (χ4n) is 2.25. The van der Waals surface area contributed by atoms with Crippen molar-refractivity contribution in [2.75, 3.05) is 7.11 Å². The van der Waals surface area contributed by atoms with E-state index in [1.807, 2.05) is 0 Å². The van der Waals surface area contributed by atoms with Gasteiger partial charge in [0.2, 0.25) is 0 Å². The molecule has 17 heavy (non-hydrogen) atoms. The largest absolute Gasteiger partial charge is 0.469 e. The van der Waals surface area contributed by atoms with E-state index < -0.39 is 0 Å². The summed E-state index contributed by atoms with van der Waals surface area (Å²) < 4.78 is 6.91. The SMILES string of the molecule is CCC(C)c1nnc2n1CC(C(=O)OC)CC2. The molecule has 5 heteroatoms. The van der Waals surface area contributed by atoms with Gasteiger partial charge in [-0.3, -0.25) is 4.79 Å². The molecule has 1 aromatic heterocycles. The summed E-state index contributed by atoms with van der Waals surface area (Å²) >= 11 is 0. The van der Waals surface area contributed by atoms with Gasteiger partial charge in [-0.15, -0.1) is 10.2 Å². The van der Waals surface area contributed by atoms with E-state index >= 15 is 0 Å². The first-order chi connectivity index (χ1) is 8.17. The summed E-state index contributed by atoms with van der Waals surface area (Å²) in [6.45, 7) is 4.93. The molecule has 0 saturated heterocycles. The Kier molecular flexibility index (Phi) is 3.45. The Morgan fingerprint density at radius 2 is 2.35 bits per heavy atom. The van der Waals surface area contributed by atoms with E-state index in [0.29, 0.717) is 12.5 Å². The molecule has 2 heterocycles. The van der Waals surface area contributed by atoms with Crippen LogP contribution in [-0.4, -0.2) is 27.8 Å². The van der Waals surface area contributed by atoms with Crippen LogP contribution in [-0.2, 0) is 22.5 Å². The Bertz CT molecular complexity index is 414. The lowest BCUT2D eigenvalue weighted by molar-refractivity contribution is -0.146. The monoisotopic (exact) mass is 237 g/mol. The van der Waals surface area contributed by atoms with Gasteiger partial charge in [0, 0.05) is 18.9 Å². The lowest BCUT2D eigenvalue weighted by Gasteiger charge is -2.23. The molecule has 5 nitrogen and oxygen atoms in total. The van der Waals surface area contributed by atoms with E-state index in [1.165, 1.54) is 7.11 Å². The normalized spacial score (nSPS) is 20.8. The molecule has 2 rings (SSSR count). The van der Waals surface area contributed by atoms with Crippen LogP contribution < -0.4 is 0 Å². The number of aryl methyl sites for hydroxylation is 1. The predicted molar refractivity (Wildman–Crippen MR) is 62.6 cm³/mol. The summed E-state index contributed by atoms with van der Waals surface area (Å²) in [6.07, 6.45) is 2.65. The van der Waals surface area contributed by atoms with E-state index in [9.17, 15) is 4.79 Å². The Hall–Kier alpha value is -1.39. The number of methoxy groups -OCH3 is 1. The Labute approximate surface area is 101 Å². The van der Waals surface area contributed by atoms with Gasteiger partial charge in [0.25, 0.3) is 0 Å². The number of hydrogen-bond acceptors (Lipinski definition) is 4. The quantitative estimate of drug-likeness (QED) is 0.748. The van der Waals surface area contributed by atoms with Crippen LogP contribution >= 0.6 is 0 Å². The van der Waals surface area contributed by atoms with Gasteiger partial charge >= 0.3 is 5.97 Å². The fraction of sp³-hybridized carbons (Fsp3) is 0.750. The minimum absolute atomic E-state index is 0.0497. The molecule has 1 aliphatic heterocycles. The Morgan fingerprint density at radius 3 is 3.00 bits per heavy atom. The first-order valence-corrected chi connectivity index (χ1v) is 6.17. The van der Waals surface area contributed by atoms with Crippen molar-refractivity contribution >= 4 is 5.97 Å². The number of hydrogen-bond donors (Lipinski definition) is 0. The number of ether oxygens (including phenoxy) is 1. The van der Waals surface area contributed by atoms with Crippen LogP contribution in [0.1, 0.15) is 44.3 Å². The second kappa shape index (κ2) is 4.85. The van der Waals surface area contributed by atoms with Crippen LogP contribution in [0.5, 0.6) is 0 Å². The molecule has 0 spiro atoms. The van der Waals surface area contributed by atoms with Crippen LogP contribution in [0.25, 0.3) is 0 Å². The highest BCUT2D eigenvalue weighted by Gasteiger charge is 2.29. The van der Waals surface area contributed by atoms with Gasteiger partial charge in [0.05, 0.1) is 13.0 Å². The zero-order valence-corrected chi connectivity index (χ0v) is 10.6. The predicted octanol–water partition coefficient (Wildman–Crippen LogP) is 1.53. The van der Waals surface area contributed by atoms with E-state index in [4.69, 9.17) is 4.74 Å². The van der Waals surface area contributed by atoms with Gasteiger partial charge in [0.1, 0.15) is 11.6 Å². The average molecular weight is 237 g/mol. The number of nitrogens with zero attached hydrogens (tertiary/aromatic N) is 3. The van der Waals surface area contributed by atoms with Crippen LogP contribution in [0.3, 0.4) is 0 Å². The zero-order valence-electron chi connectivity index (χ0n) is 10.6. The average Bonchev–Trinajstić information content (AvgIpc) is 2.79. The second-order valence-electron chi connectivity index (χ2n) is 4.65. The maximum Gasteiger partial charge on any atom is 0.310 e. The van der Waals surface area contributed by atoms with Crippen LogP contribution in [0.15, 0.2) is 0 Å². The first-order valence-electron chi connectivity index (χ1n) is 6.17. The van der Waals surface area contributed by atoms with E-state index in [-0.39, 0.29) is 11.9 Å². The smallest absolute Gasteiger partial charge is 0.310 e. The van der Waals surface area contributed by atoms with Crippen molar-refractivity contribution in [2.24, 2.45) is 5.92 Å². The van der Waals surface area contributed by atoms with Crippen molar-refractivity contribution in [3.8, 4) is 0 Å². The van der Waals surface area contributed by atoms with Crippen LogP contribution in [0.2, 0.25) is 0 Å². The molecule has 0 bridgehead atoms. The van der Waals surface area contributed by atoms with Crippen molar-refractivity contribution in [3.63, 3.8) is 0 Å². The maximum atomic E-state index is 11.6. The number of carbonyl (C=O) groups excluding carboxylic acids is 1. The van der Waals surface area contributed by atoms with Gasteiger partial charge in [-0.05, 0) is 12.8 Å². The van der Waals surface area contributed by atoms with E-state index in [0.717, 1.165) is 30.9 Å². The summed E-state index contributed by atoms with van der Waals surface area (Å²) in [5.41, 5.74) is 0. The molecule has 94 valence electrons. The van der Waals surface area contributed by atoms with Crippen molar-refractivity contribution in [2.45, 2.75) is 45.6 Å². The highest BCUT2D eigenvalue weighted by atomic mass is 16.5.